The molecule has 1 N–H and O–H groups in total. The molecule has 1 aromatic heterocycles. The molecule has 2 heterocycles. The molecule has 0 amide bonds. The molecule has 1 saturated heterocycles. The Bertz CT molecular complexity index is 627. The van der Waals surface area contributed by atoms with Gasteiger partial charge in [0.2, 0.25) is 0 Å². The highest BCUT2D eigenvalue weighted by molar-refractivity contribution is 5.57. The van der Waals surface area contributed by atoms with Crippen LogP contribution in [0.1, 0.15) is 18.2 Å². The number of benzene rings is 1. The molecule has 24 heavy (non-hydrogen) atoms. The lowest BCUT2D eigenvalue weighted by atomic mass is 10.1. The summed E-state index contributed by atoms with van der Waals surface area (Å²) in [6.45, 7) is 10.8. The summed E-state index contributed by atoms with van der Waals surface area (Å²) in [7, 11) is 2.20. The van der Waals surface area contributed by atoms with Crippen molar-refractivity contribution in [3.63, 3.8) is 0 Å². The third kappa shape index (κ3) is 4.47. The number of rotatable bonds is 6. The summed E-state index contributed by atoms with van der Waals surface area (Å²) in [6.07, 6.45) is 0. The van der Waals surface area contributed by atoms with E-state index in [0.717, 1.165) is 43.3 Å². The Kier molecular flexibility index (Phi) is 5.72. The number of nitrogens with zero attached hydrogens (tertiary/aromatic N) is 2. The molecule has 1 fully saturated rings. The minimum Gasteiger partial charge on any atom is -0.460 e. The Labute approximate surface area is 145 Å². The minimum absolute atomic E-state index is 0.560. The van der Waals surface area contributed by atoms with Crippen molar-refractivity contribution < 1.29 is 4.42 Å². The molecule has 4 heteroatoms. The zero-order valence-electron chi connectivity index (χ0n) is 15.1. The van der Waals surface area contributed by atoms with Crippen molar-refractivity contribution in [1.82, 2.24) is 15.1 Å². The van der Waals surface area contributed by atoms with Crippen molar-refractivity contribution in [3.8, 4) is 11.3 Å². The molecule has 130 valence electrons. The first-order valence-corrected chi connectivity index (χ1v) is 8.91. The summed E-state index contributed by atoms with van der Waals surface area (Å²) in [5.74, 6) is 1.94. The van der Waals surface area contributed by atoms with Crippen molar-refractivity contribution in [2.24, 2.45) is 0 Å². The van der Waals surface area contributed by atoms with Gasteiger partial charge in [0.15, 0.2) is 0 Å². The first-order valence-electron chi connectivity index (χ1n) is 8.91. The lowest BCUT2D eigenvalue weighted by Gasteiger charge is -2.36. The van der Waals surface area contributed by atoms with Crippen LogP contribution in [0.15, 0.2) is 40.8 Å². The fourth-order valence-corrected chi connectivity index (χ4v) is 3.14. The van der Waals surface area contributed by atoms with E-state index in [9.17, 15) is 0 Å². The van der Waals surface area contributed by atoms with Crippen LogP contribution in [0.5, 0.6) is 0 Å². The van der Waals surface area contributed by atoms with Crippen molar-refractivity contribution in [1.29, 1.82) is 0 Å². The number of nitrogens with one attached hydrogen (secondary N) is 1. The lowest BCUT2D eigenvalue weighted by Crippen LogP contribution is -2.50. The molecule has 0 radical (unpaired) electrons. The summed E-state index contributed by atoms with van der Waals surface area (Å²) in [4.78, 5) is 4.96. The second-order valence-electron chi connectivity index (χ2n) is 6.95. The van der Waals surface area contributed by atoms with Gasteiger partial charge in [0, 0.05) is 44.3 Å². The van der Waals surface area contributed by atoms with E-state index in [0.29, 0.717) is 6.04 Å². The molecule has 1 aliphatic rings. The Morgan fingerprint density at radius 3 is 2.46 bits per heavy atom. The van der Waals surface area contributed by atoms with Gasteiger partial charge in [-0.1, -0.05) is 29.8 Å². The third-order valence-corrected chi connectivity index (χ3v) is 4.90. The van der Waals surface area contributed by atoms with Gasteiger partial charge in [-0.3, -0.25) is 4.90 Å². The van der Waals surface area contributed by atoms with Gasteiger partial charge in [-0.2, -0.15) is 0 Å². The van der Waals surface area contributed by atoms with Crippen LogP contribution in [0.25, 0.3) is 11.3 Å². The van der Waals surface area contributed by atoms with Gasteiger partial charge in [-0.05, 0) is 33.0 Å². The van der Waals surface area contributed by atoms with E-state index in [4.69, 9.17) is 4.42 Å². The van der Waals surface area contributed by atoms with Crippen LogP contribution in [0.2, 0.25) is 0 Å². The predicted octanol–water partition coefficient (Wildman–Crippen LogP) is 2.98. The monoisotopic (exact) mass is 327 g/mol. The predicted molar refractivity (Wildman–Crippen MR) is 99.1 cm³/mol. The summed E-state index contributed by atoms with van der Waals surface area (Å²) in [5.41, 5.74) is 2.41. The maximum Gasteiger partial charge on any atom is 0.134 e. The van der Waals surface area contributed by atoms with E-state index in [1.807, 2.05) is 0 Å². The van der Waals surface area contributed by atoms with Gasteiger partial charge in [-0.15, -0.1) is 0 Å². The van der Waals surface area contributed by atoms with Gasteiger partial charge < -0.3 is 14.6 Å². The molecule has 1 atom stereocenters. The van der Waals surface area contributed by atoms with Crippen LogP contribution in [-0.2, 0) is 6.54 Å². The smallest absolute Gasteiger partial charge is 0.134 e. The van der Waals surface area contributed by atoms with Crippen LogP contribution in [0, 0.1) is 6.92 Å². The van der Waals surface area contributed by atoms with Crippen molar-refractivity contribution in [2.75, 3.05) is 39.8 Å². The largest absolute Gasteiger partial charge is 0.460 e. The standard InChI is InChI=1S/C20H29N3O/c1-16-4-6-18(7-5-16)20-9-8-19(24-20)15-21-14-17(2)23-12-10-22(3)11-13-23/h4-9,17,21H,10-15H2,1-3H3. The molecule has 1 unspecified atom stereocenters. The van der Waals surface area contributed by atoms with Crippen molar-refractivity contribution in [2.45, 2.75) is 26.4 Å². The molecule has 0 bridgehead atoms. The van der Waals surface area contributed by atoms with Crippen LogP contribution >= 0.6 is 0 Å². The highest BCUT2D eigenvalue weighted by Gasteiger charge is 2.18. The molecule has 4 nitrogen and oxygen atoms in total. The quantitative estimate of drug-likeness (QED) is 0.884. The van der Waals surface area contributed by atoms with Crippen LogP contribution in [0.4, 0.5) is 0 Å². The summed E-state index contributed by atoms with van der Waals surface area (Å²) < 4.78 is 5.97. The zero-order chi connectivity index (χ0) is 16.9. The van der Waals surface area contributed by atoms with Crippen molar-refractivity contribution >= 4 is 0 Å². The van der Waals surface area contributed by atoms with Crippen molar-refractivity contribution in [3.05, 3.63) is 47.7 Å². The second-order valence-corrected chi connectivity index (χ2v) is 6.95. The lowest BCUT2D eigenvalue weighted by molar-refractivity contribution is 0.117. The van der Waals surface area contributed by atoms with Gasteiger partial charge in [0.25, 0.3) is 0 Å². The van der Waals surface area contributed by atoms with E-state index in [-0.39, 0.29) is 0 Å². The van der Waals surface area contributed by atoms with Gasteiger partial charge in [0.1, 0.15) is 11.5 Å². The van der Waals surface area contributed by atoms with E-state index in [2.05, 4.69) is 72.4 Å². The molecule has 1 aromatic carbocycles. The molecule has 2 aromatic rings. The molecular weight excluding hydrogens is 298 g/mol. The van der Waals surface area contributed by atoms with Gasteiger partial charge in [0.05, 0.1) is 6.54 Å². The molecule has 3 rings (SSSR count). The highest BCUT2D eigenvalue weighted by Crippen LogP contribution is 2.22. The molecule has 0 saturated carbocycles. The second kappa shape index (κ2) is 7.97. The number of hydrogen-bond donors (Lipinski definition) is 1. The summed E-state index contributed by atoms with van der Waals surface area (Å²) in [6, 6.07) is 13.2. The average Bonchev–Trinajstić information content (AvgIpc) is 3.05. The third-order valence-electron chi connectivity index (χ3n) is 4.90. The number of piperazine rings is 1. The zero-order valence-corrected chi connectivity index (χ0v) is 15.1. The summed E-state index contributed by atoms with van der Waals surface area (Å²) >= 11 is 0. The SMILES string of the molecule is Cc1ccc(-c2ccc(CNCC(C)N3CCN(C)CC3)o2)cc1. The normalized spacial score (nSPS) is 18.0. The Morgan fingerprint density at radius 2 is 1.75 bits per heavy atom. The number of aryl methyl sites for hydroxylation is 1. The first kappa shape index (κ1) is 17.2. The fraction of sp³-hybridized carbons (Fsp3) is 0.500. The van der Waals surface area contributed by atoms with Gasteiger partial charge >= 0.3 is 0 Å². The highest BCUT2D eigenvalue weighted by atomic mass is 16.3. The average molecular weight is 327 g/mol. The minimum atomic E-state index is 0.560. The number of hydrogen-bond acceptors (Lipinski definition) is 4. The van der Waals surface area contributed by atoms with E-state index < -0.39 is 0 Å². The van der Waals surface area contributed by atoms with E-state index in [1.54, 1.807) is 0 Å². The Balaban J connectivity index is 1.46. The fourth-order valence-electron chi connectivity index (χ4n) is 3.14. The number of likely N-dealkylation sites (N-methyl/N-ethyl adjacent to an activating group) is 1. The molecule has 0 spiro atoms. The van der Waals surface area contributed by atoms with Gasteiger partial charge in [-0.25, -0.2) is 0 Å². The summed E-state index contributed by atoms with van der Waals surface area (Å²) in [5, 5.41) is 3.53. The van der Waals surface area contributed by atoms with Crippen LogP contribution < -0.4 is 5.32 Å². The number of furan rings is 1. The molecular formula is C20H29N3O. The first-order chi connectivity index (χ1) is 11.6. The van der Waals surface area contributed by atoms with E-state index in [1.165, 1.54) is 18.7 Å². The Morgan fingerprint density at radius 1 is 1.04 bits per heavy atom. The maximum absolute atomic E-state index is 5.97. The molecule has 1 aliphatic heterocycles. The molecule has 0 aliphatic carbocycles. The van der Waals surface area contributed by atoms with E-state index >= 15 is 0 Å². The van der Waals surface area contributed by atoms with Crippen LogP contribution in [-0.4, -0.2) is 55.6 Å². The topological polar surface area (TPSA) is 31.6 Å². The maximum atomic E-state index is 5.97. The van der Waals surface area contributed by atoms with Crippen LogP contribution in [0.3, 0.4) is 0 Å². The Hall–Kier alpha value is -1.62.